The standard InChI is InChI=1S/C19H21ClN2O3S/c20-14-3-5-16(6-4-14)25-13-18(23)21-15-7-9-22(10-8-15)19(24)12-17-2-1-11-26-17/h1-6,11,15H,7-10,12-13H2,(H,21,23). The third-order valence-corrected chi connectivity index (χ3v) is 5.43. The van der Waals surface area contributed by atoms with Crippen LogP contribution in [-0.4, -0.2) is 42.5 Å². The van der Waals surface area contributed by atoms with Crippen molar-refractivity contribution in [3.05, 3.63) is 51.7 Å². The number of piperidine rings is 1. The summed E-state index contributed by atoms with van der Waals surface area (Å²) in [5.74, 6) is 0.616. The molecule has 5 nitrogen and oxygen atoms in total. The molecule has 0 unspecified atom stereocenters. The molecule has 2 aromatic rings. The molecule has 1 saturated heterocycles. The first-order chi connectivity index (χ1) is 12.6. The number of nitrogens with one attached hydrogen (secondary N) is 1. The van der Waals surface area contributed by atoms with E-state index in [0.29, 0.717) is 30.3 Å². The Morgan fingerprint density at radius 1 is 1.19 bits per heavy atom. The van der Waals surface area contributed by atoms with Gasteiger partial charge in [0, 0.05) is 29.0 Å². The second-order valence-electron chi connectivity index (χ2n) is 6.22. The maximum Gasteiger partial charge on any atom is 0.258 e. The van der Waals surface area contributed by atoms with Crippen LogP contribution in [0.15, 0.2) is 41.8 Å². The largest absolute Gasteiger partial charge is 0.484 e. The van der Waals surface area contributed by atoms with Crippen LogP contribution in [0.5, 0.6) is 5.75 Å². The van der Waals surface area contributed by atoms with Gasteiger partial charge in [-0.25, -0.2) is 0 Å². The Morgan fingerprint density at radius 2 is 1.92 bits per heavy atom. The normalized spacial score (nSPS) is 14.9. The zero-order chi connectivity index (χ0) is 18.4. The Kier molecular flexibility index (Phi) is 6.52. The van der Waals surface area contributed by atoms with E-state index in [0.717, 1.165) is 17.7 Å². The number of hydrogen-bond donors (Lipinski definition) is 1. The van der Waals surface area contributed by atoms with Crippen molar-refractivity contribution in [2.45, 2.75) is 25.3 Å². The van der Waals surface area contributed by atoms with E-state index in [9.17, 15) is 9.59 Å². The van der Waals surface area contributed by atoms with Crippen molar-refractivity contribution in [2.75, 3.05) is 19.7 Å². The van der Waals surface area contributed by atoms with Crippen molar-refractivity contribution in [3.63, 3.8) is 0 Å². The first kappa shape index (κ1) is 18.7. The van der Waals surface area contributed by atoms with Crippen LogP contribution in [0.4, 0.5) is 0 Å². The van der Waals surface area contributed by atoms with Crippen molar-refractivity contribution in [1.29, 1.82) is 0 Å². The summed E-state index contributed by atoms with van der Waals surface area (Å²) in [7, 11) is 0. The number of ether oxygens (including phenoxy) is 1. The molecule has 0 bridgehead atoms. The summed E-state index contributed by atoms with van der Waals surface area (Å²) in [6, 6.07) is 10.9. The van der Waals surface area contributed by atoms with Gasteiger partial charge in [0.25, 0.3) is 5.91 Å². The molecular weight excluding hydrogens is 372 g/mol. The molecule has 0 spiro atoms. The second-order valence-corrected chi connectivity index (χ2v) is 7.69. The number of carbonyl (C=O) groups excluding carboxylic acids is 2. The van der Waals surface area contributed by atoms with Gasteiger partial charge in [-0.15, -0.1) is 11.3 Å². The molecule has 1 aliphatic rings. The Morgan fingerprint density at radius 3 is 2.58 bits per heavy atom. The summed E-state index contributed by atoms with van der Waals surface area (Å²) in [5, 5.41) is 5.59. The van der Waals surface area contributed by atoms with Crippen LogP contribution < -0.4 is 10.1 Å². The van der Waals surface area contributed by atoms with Gasteiger partial charge in [-0.3, -0.25) is 9.59 Å². The first-order valence-electron chi connectivity index (χ1n) is 8.58. The minimum absolute atomic E-state index is 0.0286. The van der Waals surface area contributed by atoms with Crippen molar-refractivity contribution in [3.8, 4) is 5.75 Å². The summed E-state index contributed by atoms with van der Waals surface area (Å²) >= 11 is 7.42. The molecule has 3 rings (SSSR count). The maximum absolute atomic E-state index is 12.3. The Bertz CT molecular complexity index is 726. The first-order valence-corrected chi connectivity index (χ1v) is 9.84. The predicted octanol–water partition coefficient (Wildman–Crippen LogP) is 3.13. The molecule has 1 aliphatic heterocycles. The highest BCUT2D eigenvalue weighted by Crippen LogP contribution is 2.16. The van der Waals surface area contributed by atoms with E-state index in [-0.39, 0.29) is 24.5 Å². The van der Waals surface area contributed by atoms with Crippen LogP contribution >= 0.6 is 22.9 Å². The second kappa shape index (κ2) is 9.05. The SMILES string of the molecule is O=C(COc1ccc(Cl)cc1)NC1CCN(C(=O)Cc2cccs2)CC1. The van der Waals surface area contributed by atoms with Crippen LogP contribution in [0.2, 0.25) is 5.02 Å². The summed E-state index contributed by atoms with van der Waals surface area (Å²) in [6.07, 6.45) is 2.00. The molecule has 1 aromatic carbocycles. The summed E-state index contributed by atoms with van der Waals surface area (Å²) < 4.78 is 5.45. The highest BCUT2D eigenvalue weighted by atomic mass is 35.5. The molecule has 0 aliphatic carbocycles. The molecule has 2 amide bonds. The van der Waals surface area contributed by atoms with Crippen molar-refractivity contribution in [2.24, 2.45) is 0 Å². The fourth-order valence-corrected chi connectivity index (χ4v) is 3.72. The third kappa shape index (κ3) is 5.47. The van der Waals surface area contributed by atoms with E-state index in [2.05, 4.69) is 5.32 Å². The molecule has 0 atom stereocenters. The summed E-state index contributed by atoms with van der Waals surface area (Å²) in [6.45, 7) is 1.32. The van der Waals surface area contributed by atoms with E-state index < -0.39 is 0 Å². The lowest BCUT2D eigenvalue weighted by atomic mass is 10.0. The number of carbonyl (C=O) groups is 2. The Labute approximate surface area is 161 Å². The van der Waals surface area contributed by atoms with Gasteiger partial charge < -0.3 is 15.0 Å². The lowest BCUT2D eigenvalue weighted by molar-refractivity contribution is -0.131. The fourth-order valence-electron chi connectivity index (χ4n) is 2.90. The van der Waals surface area contributed by atoms with Crippen LogP contribution in [0.3, 0.4) is 0 Å². The van der Waals surface area contributed by atoms with Crippen LogP contribution in [-0.2, 0) is 16.0 Å². The smallest absolute Gasteiger partial charge is 0.258 e. The predicted molar refractivity (Wildman–Crippen MR) is 103 cm³/mol. The van der Waals surface area contributed by atoms with Gasteiger partial charge in [0.15, 0.2) is 6.61 Å². The molecule has 26 heavy (non-hydrogen) atoms. The minimum atomic E-state index is -0.150. The van der Waals surface area contributed by atoms with Crippen LogP contribution in [0, 0.1) is 0 Å². The van der Waals surface area contributed by atoms with Crippen molar-refractivity contribution in [1.82, 2.24) is 10.2 Å². The van der Waals surface area contributed by atoms with Crippen molar-refractivity contribution < 1.29 is 14.3 Å². The molecule has 2 heterocycles. The number of halogens is 1. The zero-order valence-electron chi connectivity index (χ0n) is 14.3. The van der Waals surface area contributed by atoms with E-state index in [1.54, 1.807) is 35.6 Å². The van der Waals surface area contributed by atoms with Crippen LogP contribution in [0.25, 0.3) is 0 Å². The lowest BCUT2D eigenvalue weighted by Gasteiger charge is -2.32. The molecule has 1 fully saturated rings. The van der Waals surface area contributed by atoms with Crippen LogP contribution in [0.1, 0.15) is 17.7 Å². The average molecular weight is 393 g/mol. The highest BCUT2D eigenvalue weighted by Gasteiger charge is 2.24. The van der Waals surface area contributed by atoms with Gasteiger partial charge in [0.1, 0.15) is 5.75 Å². The summed E-state index contributed by atoms with van der Waals surface area (Å²) in [4.78, 5) is 27.3. The van der Waals surface area contributed by atoms with E-state index in [1.165, 1.54) is 0 Å². The molecule has 0 radical (unpaired) electrons. The van der Waals surface area contributed by atoms with E-state index in [4.69, 9.17) is 16.3 Å². The summed E-state index contributed by atoms with van der Waals surface area (Å²) in [5.41, 5.74) is 0. The molecule has 138 valence electrons. The topological polar surface area (TPSA) is 58.6 Å². The average Bonchev–Trinajstić information content (AvgIpc) is 3.15. The highest BCUT2D eigenvalue weighted by molar-refractivity contribution is 7.10. The number of amides is 2. The number of benzene rings is 1. The maximum atomic E-state index is 12.3. The van der Waals surface area contributed by atoms with Crippen molar-refractivity contribution >= 4 is 34.8 Å². The number of thiophene rings is 1. The van der Waals surface area contributed by atoms with E-state index in [1.807, 2.05) is 22.4 Å². The third-order valence-electron chi connectivity index (χ3n) is 4.30. The zero-order valence-corrected chi connectivity index (χ0v) is 15.9. The quantitative estimate of drug-likeness (QED) is 0.821. The molecule has 1 N–H and O–H groups in total. The van der Waals surface area contributed by atoms with Gasteiger partial charge >= 0.3 is 0 Å². The molecule has 7 heteroatoms. The molecular formula is C19H21ClN2O3S. The Balaban J connectivity index is 1.37. The van der Waals surface area contributed by atoms with Gasteiger partial charge in [0.05, 0.1) is 6.42 Å². The lowest BCUT2D eigenvalue weighted by Crippen LogP contribution is -2.47. The number of rotatable bonds is 6. The number of hydrogen-bond acceptors (Lipinski definition) is 4. The van der Waals surface area contributed by atoms with Gasteiger partial charge in [-0.05, 0) is 48.6 Å². The van der Waals surface area contributed by atoms with Gasteiger partial charge in [-0.1, -0.05) is 17.7 Å². The number of likely N-dealkylation sites (tertiary alicyclic amines) is 1. The Hall–Kier alpha value is -2.05. The number of nitrogens with zero attached hydrogens (tertiary/aromatic N) is 1. The van der Waals surface area contributed by atoms with Gasteiger partial charge in [-0.2, -0.15) is 0 Å². The fraction of sp³-hybridized carbons (Fsp3) is 0.368. The molecule has 1 aromatic heterocycles. The molecule has 0 saturated carbocycles. The monoisotopic (exact) mass is 392 g/mol. The minimum Gasteiger partial charge on any atom is -0.484 e. The van der Waals surface area contributed by atoms with Gasteiger partial charge in [0.2, 0.25) is 5.91 Å². The van der Waals surface area contributed by atoms with E-state index >= 15 is 0 Å².